The van der Waals surface area contributed by atoms with Gasteiger partial charge in [-0.1, -0.05) is 33.6 Å². The maximum absolute atomic E-state index is 12.1. The number of aromatic nitrogens is 3. The SMILES string of the molecule is CC(C)(C)c1nc(C(=O)NCC2CCCCC2CO)n[nH]1. The average molecular weight is 294 g/mol. The Hall–Kier alpha value is -1.43. The number of amides is 1. The Morgan fingerprint density at radius 3 is 2.57 bits per heavy atom. The summed E-state index contributed by atoms with van der Waals surface area (Å²) in [6, 6.07) is 0. The predicted molar refractivity (Wildman–Crippen MR) is 79.9 cm³/mol. The van der Waals surface area contributed by atoms with Crippen LogP contribution in [0.25, 0.3) is 0 Å². The van der Waals surface area contributed by atoms with E-state index >= 15 is 0 Å². The van der Waals surface area contributed by atoms with Crippen LogP contribution in [0.4, 0.5) is 0 Å². The lowest BCUT2D eigenvalue weighted by Gasteiger charge is -2.30. The number of hydrogen-bond acceptors (Lipinski definition) is 4. The Kier molecular flexibility index (Phi) is 4.98. The lowest BCUT2D eigenvalue weighted by atomic mass is 9.79. The van der Waals surface area contributed by atoms with Gasteiger partial charge in [0.2, 0.25) is 5.82 Å². The van der Waals surface area contributed by atoms with Gasteiger partial charge in [-0.15, -0.1) is 5.10 Å². The fraction of sp³-hybridized carbons (Fsp3) is 0.800. The fourth-order valence-electron chi connectivity index (χ4n) is 2.80. The van der Waals surface area contributed by atoms with Gasteiger partial charge >= 0.3 is 0 Å². The molecule has 21 heavy (non-hydrogen) atoms. The molecule has 2 unspecified atom stereocenters. The number of rotatable bonds is 4. The smallest absolute Gasteiger partial charge is 0.290 e. The van der Waals surface area contributed by atoms with Gasteiger partial charge in [0.25, 0.3) is 5.91 Å². The van der Waals surface area contributed by atoms with Crippen molar-refractivity contribution in [1.82, 2.24) is 20.5 Å². The highest BCUT2D eigenvalue weighted by Crippen LogP contribution is 2.29. The van der Waals surface area contributed by atoms with Gasteiger partial charge in [-0.2, -0.15) is 0 Å². The van der Waals surface area contributed by atoms with E-state index in [0.29, 0.717) is 24.2 Å². The van der Waals surface area contributed by atoms with Crippen molar-refractivity contribution >= 4 is 5.91 Å². The first-order chi connectivity index (χ1) is 9.91. The number of hydrogen-bond donors (Lipinski definition) is 3. The molecule has 1 fully saturated rings. The molecule has 1 aliphatic carbocycles. The number of aliphatic hydroxyl groups excluding tert-OH is 1. The van der Waals surface area contributed by atoms with E-state index in [1.165, 1.54) is 12.8 Å². The Morgan fingerprint density at radius 1 is 1.33 bits per heavy atom. The summed E-state index contributed by atoms with van der Waals surface area (Å²) in [4.78, 5) is 16.4. The topological polar surface area (TPSA) is 90.9 Å². The molecule has 1 aromatic heterocycles. The molecule has 3 N–H and O–H groups in total. The van der Waals surface area contributed by atoms with Crippen molar-refractivity contribution in [3.8, 4) is 0 Å². The van der Waals surface area contributed by atoms with Crippen LogP contribution >= 0.6 is 0 Å². The number of H-pyrrole nitrogens is 1. The predicted octanol–water partition coefficient (Wildman–Crippen LogP) is 1.63. The maximum Gasteiger partial charge on any atom is 0.290 e. The van der Waals surface area contributed by atoms with E-state index in [2.05, 4.69) is 20.5 Å². The van der Waals surface area contributed by atoms with Crippen LogP contribution in [-0.4, -0.2) is 39.3 Å². The molecule has 2 rings (SSSR count). The summed E-state index contributed by atoms with van der Waals surface area (Å²) in [5.41, 5.74) is -0.156. The van der Waals surface area contributed by atoms with Gasteiger partial charge in [0.05, 0.1) is 0 Å². The largest absolute Gasteiger partial charge is 0.396 e. The summed E-state index contributed by atoms with van der Waals surface area (Å²) in [5.74, 6) is 1.31. The van der Waals surface area contributed by atoms with E-state index in [1.54, 1.807) is 0 Å². The third kappa shape index (κ3) is 4.03. The van der Waals surface area contributed by atoms with E-state index in [4.69, 9.17) is 0 Å². The average Bonchev–Trinajstić information content (AvgIpc) is 2.95. The lowest BCUT2D eigenvalue weighted by molar-refractivity contribution is 0.0899. The van der Waals surface area contributed by atoms with Crippen LogP contribution in [0.3, 0.4) is 0 Å². The molecule has 1 amide bonds. The third-order valence-electron chi connectivity index (χ3n) is 4.22. The molecule has 1 saturated carbocycles. The van der Waals surface area contributed by atoms with Crippen LogP contribution in [0.15, 0.2) is 0 Å². The quantitative estimate of drug-likeness (QED) is 0.787. The zero-order valence-electron chi connectivity index (χ0n) is 13.1. The fourth-order valence-corrected chi connectivity index (χ4v) is 2.80. The third-order valence-corrected chi connectivity index (χ3v) is 4.22. The summed E-state index contributed by atoms with van der Waals surface area (Å²) in [5, 5.41) is 19.1. The minimum absolute atomic E-state index is 0.156. The molecule has 0 aliphatic heterocycles. The molecule has 6 nitrogen and oxygen atoms in total. The number of carbonyl (C=O) groups excluding carboxylic acids is 1. The molecule has 0 saturated heterocycles. The first kappa shape index (κ1) is 15.9. The van der Waals surface area contributed by atoms with Crippen molar-refractivity contribution in [2.75, 3.05) is 13.2 Å². The van der Waals surface area contributed by atoms with E-state index in [-0.39, 0.29) is 23.8 Å². The Labute approximate surface area is 125 Å². The number of aromatic amines is 1. The standard InChI is InChI=1S/C15H26N4O2/c1-15(2,3)14-17-12(18-19-14)13(21)16-8-10-6-4-5-7-11(10)9-20/h10-11,20H,4-9H2,1-3H3,(H,16,21)(H,17,18,19). The number of carbonyl (C=O) groups is 1. The molecule has 1 aliphatic rings. The van der Waals surface area contributed by atoms with Crippen LogP contribution in [0.5, 0.6) is 0 Å². The summed E-state index contributed by atoms with van der Waals surface area (Å²) in [7, 11) is 0. The summed E-state index contributed by atoms with van der Waals surface area (Å²) < 4.78 is 0. The highest BCUT2D eigenvalue weighted by molar-refractivity contribution is 5.90. The summed E-state index contributed by atoms with van der Waals surface area (Å²) >= 11 is 0. The molecular formula is C15H26N4O2. The molecule has 0 spiro atoms. The molecule has 0 aromatic carbocycles. The highest BCUT2D eigenvalue weighted by atomic mass is 16.3. The molecular weight excluding hydrogens is 268 g/mol. The van der Waals surface area contributed by atoms with Crippen molar-refractivity contribution in [3.63, 3.8) is 0 Å². The summed E-state index contributed by atoms with van der Waals surface area (Å²) in [6.07, 6.45) is 4.45. The van der Waals surface area contributed by atoms with Crippen LogP contribution in [0, 0.1) is 11.8 Å². The van der Waals surface area contributed by atoms with Crippen molar-refractivity contribution in [2.45, 2.75) is 51.9 Å². The van der Waals surface area contributed by atoms with Crippen LogP contribution in [-0.2, 0) is 5.41 Å². The molecule has 0 bridgehead atoms. The first-order valence-electron chi connectivity index (χ1n) is 7.73. The lowest BCUT2D eigenvalue weighted by Crippen LogP contribution is -2.36. The van der Waals surface area contributed by atoms with E-state index < -0.39 is 0 Å². The maximum atomic E-state index is 12.1. The zero-order chi connectivity index (χ0) is 15.5. The van der Waals surface area contributed by atoms with Gasteiger partial charge < -0.3 is 10.4 Å². The molecule has 6 heteroatoms. The Balaban J connectivity index is 1.91. The second-order valence-corrected chi connectivity index (χ2v) is 6.95. The first-order valence-corrected chi connectivity index (χ1v) is 7.73. The van der Waals surface area contributed by atoms with Gasteiger partial charge in [-0.3, -0.25) is 9.89 Å². The molecule has 2 atom stereocenters. The number of aliphatic hydroxyl groups is 1. The van der Waals surface area contributed by atoms with Crippen LogP contribution < -0.4 is 5.32 Å². The van der Waals surface area contributed by atoms with E-state index in [0.717, 1.165) is 12.8 Å². The normalized spacial score (nSPS) is 23.0. The van der Waals surface area contributed by atoms with Crippen molar-refractivity contribution in [1.29, 1.82) is 0 Å². The van der Waals surface area contributed by atoms with E-state index in [9.17, 15) is 9.90 Å². The van der Waals surface area contributed by atoms with Gasteiger partial charge in [-0.05, 0) is 24.7 Å². The molecule has 1 heterocycles. The second-order valence-electron chi connectivity index (χ2n) is 6.95. The zero-order valence-corrected chi connectivity index (χ0v) is 13.1. The van der Waals surface area contributed by atoms with Crippen LogP contribution in [0.1, 0.15) is 62.9 Å². The van der Waals surface area contributed by atoms with Gasteiger partial charge in [0, 0.05) is 18.6 Å². The van der Waals surface area contributed by atoms with E-state index in [1.807, 2.05) is 20.8 Å². The molecule has 1 aromatic rings. The number of nitrogens with one attached hydrogen (secondary N) is 2. The Morgan fingerprint density at radius 2 is 2.00 bits per heavy atom. The Bertz CT molecular complexity index is 478. The molecule has 0 radical (unpaired) electrons. The monoisotopic (exact) mass is 294 g/mol. The summed E-state index contributed by atoms with van der Waals surface area (Å²) in [6.45, 7) is 6.84. The van der Waals surface area contributed by atoms with Crippen molar-refractivity contribution < 1.29 is 9.90 Å². The van der Waals surface area contributed by atoms with Crippen molar-refractivity contribution in [2.24, 2.45) is 11.8 Å². The minimum Gasteiger partial charge on any atom is -0.396 e. The van der Waals surface area contributed by atoms with Gasteiger partial charge in [0.15, 0.2) is 0 Å². The van der Waals surface area contributed by atoms with Crippen molar-refractivity contribution in [3.05, 3.63) is 11.6 Å². The van der Waals surface area contributed by atoms with Crippen LogP contribution in [0.2, 0.25) is 0 Å². The molecule has 118 valence electrons. The second kappa shape index (κ2) is 6.56. The highest BCUT2D eigenvalue weighted by Gasteiger charge is 2.26. The minimum atomic E-state index is -0.246. The number of nitrogens with zero attached hydrogens (tertiary/aromatic N) is 2. The van der Waals surface area contributed by atoms with Gasteiger partial charge in [0.1, 0.15) is 5.82 Å². The van der Waals surface area contributed by atoms with Gasteiger partial charge in [-0.25, -0.2) is 4.98 Å².